The van der Waals surface area contributed by atoms with Gasteiger partial charge in [-0.05, 0) is 24.6 Å². The lowest BCUT2D eigenvalue weighted by Gasteiger charge is -2.45. The molecule has 0 radical (unpaired) electrons. The van der Waals surface area contributed by atoms with E-state index in [9.17, 15) is 22.8 Å². The van der Waals surface area contributed by atoms with Crippen LogP contribution in [0, 0.1) is 5.92 Å². The Kier molecular flexibility index (Phi) is 5.37. The molecule has 29 heavy (non-hydrogen) atoms. The van der Waals surface area contributed by atoms with Gasteiger partial charge in [-0.15, -0.1) is 0 Å². The molecule has 3 fully saturated rings. The zero-order chi connectivity index (χ0) is 20.8. The largest absolute Gasteiger partial charge is 0.487 e. The SMILES string of the molecule is O=C1CO[C@H]2CCN(C(=O)N3CC(Oc4ccc(C(F)(F)F)c(Cl)c4)C3)C[C@H]2C1. The Morgan fingerprint density at radius 3 is 2.66 bits per heavy atom. The fourth-order valence-corrected chi connectivity index (χ4v) is 4.29. The number of alkyl halides is 3. The minimum atomic E-state index is -4.52. The smallest absolute Gasteiger partial charge is 0.417 e. The molecule has 0 unspecified atom stereocenters. The molecule has 1 aromatic carbocycles. The van der Waals surface area contributed by atoms with Crippen LogP contribution in [-0.2, 0) is 15.7 Å². The molecule has 10 heteroatoms. The number of Topliss-reactive ketones (excluding diaryl/α,β-unsaturated/α-hetero) is 1. The minimum Gasteiger partial charge on any atom is -0.487 e. The molecule has 2 amide bonds. The molecule has 3 heterocycles. The number of hydrogen-bond acceptors (Lipinski definition) is 4. The van der Waals surface area contributed by atoms with E-state index in [1.54, 1.807) is 9.80 Å². The van der Waals surface area contributed by atoms with Crippen molar-refractivity contribution < 1.29 is 32.2 Å². The lowest BCUT2D eigenvalue weighted by Crippen LogP contribution is -2.61. The molecule has 2 atom stereocenters. The summed E-state index contributed by atoms with van der Waals surface area (Å²) in [6, 6.07) is 3.13. The summed E-state index contributed by atoms with van der Waals surface area (Å²) >= 11 is 5.70. The topological polar surface area (TPSA) is 59.1 Å². The number of nitrogens with zero attached hydrogens (tertiary/aromatic N) is 2. The highest BCUT2D eigenvalue weighted by Gasteiger charge is 2.41. The average molecular weight is 433 g/mol. The maximum atomic E-state index is 12.8. The van der Waals surface area contributed by atoms with Crippen molar-refractivity contribution in [1.82, 2.24) is 9.80 Å². The summed E-state index contributed by atoms with van der Waals surface area (Å²) in [5, 5.41) is -0.422. The van der Waals surface area contributed by atoms with E-state index in [2.05, 4.69) is 0 Å². The van der Waals surface area contributed by atoms with Crippen LogP contribution in [0.4, 0.5) is 18.0 Å². The van der Waals surface area contributed by atoms with Crippen LogP contribution in [0.5, 0.6) is 5.75 Å². The van der Waals surface area contributed by atoms with Crippen molar-refractivity contribution in [2.75, 3.05) is 32.8 Å². The van der Waals surface area contributed by atoms with Crippen molar-refractivity contribution in [3.05, 3.63) is 28.8 Å². The van der Waals surface area contributed by atoms with E-state index in [1.165, 1.54) is 6.07 Å². The van der Waals surface area contributed by atoms with Gasteiger partial charge in [0.2, 0.25) is 0 Å². The Morgan fingerprint density at radius 2 is 1.97 bits per heavy atom. The van der Waals surface area contributed by atoms with Gasteiger partial charge in [0.25, 0.3) is 0 Å². The molecule has 0 aliphatic carbocycles. The van der Waals surface area contributed by atoms with Gasteiger partial charge >= 0.3 is 12.2 Å². The van der Waals surface area contributed by atoms with E-state index in [0.717, 1.165) is 12.1 Å². The van der Waals surface area contributed by atoms with Crippen molar-refractivity contribution in [2.24, 2.45) is 5.92 Å². The third-order valence-electron chi connectivity index (χ3n) is 5.55. The van der Waals surface area contributed by atoms with E-state index >= 15 is 0 Å². The molecule has 0 aromatic heterocycles. The Hall–Kier alpha value is -2.00. The number of amides is 2. The highest BCUT2D eigenvalue weighted by Crippen LogP contribution is 2.37. The molecule has 0 saturated carbocycles. The van der Waals surface area contributed by atoms with E-state index in [4.69, 9.17) is 21.1 Å². The quantitative estimate of drug-likeness (QED) is 0.720. The van der Waals surface area contributed by atoms with E-state index in [1.807, 2.05) is 0 Å². The number of halogens is 4. The van der Waals surface area contributed by atoms with Crippen LogP contribution < -0.4 is 4.74 Å². The van der Waals surface area contributed by atoms with Crippen molar-refractivity contribution in [3.8, 4) is 5.75 Å². The molecule has 0 spiro atoms. The summed E-state index contributed by atoms with van der Waals surface area (Å²) in [6.45, 7) is 1.92. The molecule has 3 aliphatic heterocycles. The zero-order valence-electron chi connectivity index (χ0n) is 15.5. The predicted octanol–water partition coefficient (Wildman–Crippen LogP) is 3.22. The fraction of sp³-hybridized carbons (Fsp3) is 0.579. The molecule has 3 saturated heterocycles. The van der Waals surface area contributed by atoms with Gasteiger partial charge in [0.05, 0.1) is 29.8 Å². The summed E-state index contributed by atoms with van der Waals surface area (Å²) in [7, 11) is 0. The second kappa shape index (κ2) is 7.68. The van der Waals surface area contributed by atoms with Gasteiger partial charge in [-0.25, -0.2) is 4.79 Å². The van der Waals surface area contributed by atoms with Gasteiger partial charge in [0, 0.05) is 25.4 Å². The predicted molar refractivity (Wildman–Crippen MR) is 96.9 cm³/mol. The molecule has 0 N–H and O–H groups in total. The third kappa shape index (κ3) is 4.30. The van der Waals surface area contributed by atoms with Crippen LogP contribution in [0.15, 0.2) is 18.2 Å². The van der Waals surface area contributed by atoms with Crippen LogP contribution in [-0.4, -0.2) is 66.6 Å². The Bertz CT molecular complexity index is 813. The number of piperidine rings is 1. The first-order valence-corrected chi connectivity index (χ1v) is 9.79. The summed E-state index contributed by atoms with van der Waals surface area (Å²) in [4.78, 5) is 27.6. The molecule has 6 nitrogen and oxygen atoms in total. The number of urea groups is 1. The summed E-state index contributed by atoms with van der Waals surface area (Å²) in [5.74, 6) is 0.337. The third-order valence-corrected chi connectivity index (χ3v) is 5.86. The second-order valence-electron chi connectivity index (χ2n) is 7.65. The lowest BCUT2D eigenvalue weighted by atomic mass is 9.88. The Morgan fingerprint density at radius 1 is 1.21 bits per heavy atom. The number of ketones is 1. The summed E-state index contributed by atoms with van der Waals surface area (Å²) in [6.07, 6.45) is -3.63. The van der Waals surface area contributed by atoms with Crippen molar-refractivity contribution in [2.45, 2.75) is 31.2 Å². The molecular formula is C19H20ClF3N2O4. The fourth-order valence-electron chi connectivity index (χ4n) is 4.01. The number of benzene rings is 1. The molecule has 1 aromatic rings. The van der Waals surface area contributed by atoms with Crippen LogP contribution in [0.2, 0.25) is 5.02 Å². The number of carbonyl (C=O) groups excluding carboxylic acids is 2. The number of fused-ring (bicyclic) bond motifs is 1. The van der Waals surface area contributed by atoms with Crippen LogP contribution >= 0.6 is 11.6 Å². The average Bonchev–Trinajstić information content (AvgIpc) is 2.62. The molecule has 4 rings (SSSR count). The van der Waals surface area contributed by atoms with Crippen LogP contribution in [0.3, 0.4) is 0 Å². The first-order chi connectivity index (χ1) is 13.7. The first-order valence-electron chi connectivity index (χ1n) is 9.41. The van der Waals surface area contributed by atoms with Crippen molar-refractivity contribution in [3.63, 3.8) is 0 Å². The number of ether oxygens (including phenoxy) is 2. The van der Waals surface area contributed by atoms with Gasteiger partial charge < -0.3 is 19.3 Å². The van der Waals surface area contributed by atoms with Gasteiger partial charge in [-0.3, -0.25) is 4.79 Å². The lowest BCUT2D eigenvalue weighted by molar-refractivity contribution is -0.140. The number of likely N-dealkylation sites (tertiary alicyclic amines) is 2. The molecule has 158 valence electrons. The zero-order valence-corrected chi connectivity index (χ0v) is 16.2. The van der Waals surface area contributed by atoms with E-state index in [-0.39, 0.29) is 42.3 Å². The van der Waals surface area contributed by atoms with Gasteiger partial charge in [-0.2, -0.15) is 13.2 Å². The Balaban J connectivity index is 1.28. The van der Waals surface area contributed by atoms with E-state index < -0.39 is 16.8 Å². The van der Waals surface area contributed by atoms with Crippen molar-refractivity contribution >= 4 is 23.4 Å². The maximum Gasteiger partial charge on any atom is 0.417 e. The number of carbonyl (C=O) groups is 2. The standard InChI is InChI=1S/C19H20ClF3N2O4/c20-16-6-13(1-2-15(16)19(21,22)23)29-14-8-25(9-14)18(27)24-4-3-17-11(7-24)5-12(26)10-28-17/h1-2,6,11,14,17H,3-5,7-10H2/t11-,17+/m1/s1. The molecule has 0 bridgehead atoms. The minimum absolute atomic E-state index is 0.0358. The second-order valence-corrected chi connectivity index (χ2v) is 8.06. The van der Waals surface area contributed by atoms with Crippen LogP contribution in [0.1, 0.15) is 18.4 Å². The molecule has 3 aliphatic rings. The normalized spacial score (nSPS) is 25.4. The number of hydrogen-bond donors (Lipinski definition) is 0. The maximum absolute atomic E-state index is 12.8. The van der Waals surface area contributed by atoms with Crippen molar-refractivity contribution in [1.29, 1.82) is 0 Å². The summed E-state index contributed by atoms with van der Waals surface area (Å²) < 4.78 is 49.5. The first kappa shape index (κ1) is 20.3. The number of rotatable bonds is 2. The highest BCUT2D eigenvalue weighted by molar-refractivity contribution is 6.31. The van der Waals surface area contributed by atoms with Gasteiger partial charge in [0.15, 0.2) is 5.78 Å². The molecular weight excluding hydrogens is 413 g/mol. The Labute approximate surface area is 170 Å². The van der Waals surface area contributed by atoms with Gasteiger partial charge in [-0.1, -0.05) is 11.6 Å². The van der Waals surface area contributed by atoms with E-state index in [0.29, 0.717) is 39.0 Å². The van der Waals surface area contributed by atoms with Gasteiger partial charge in [0.1, 0.15) is 18.5 Å². The highest BCUT2D eigenvalue weighted by atomic mass is 35.5. The monoisotopic (exact) mass is 432 g/mol. The summed E-state index contributed by atoms with van der Waals surface area (Å²) in [5.41, 5.74) is -0.912. The van der Waals surface area contributed by atoms with Crippen LogP contribution in [0.25, 0.3) is 0 Å².